The van der Waals surface area contributed by atoms with Crippen LogP contribution in [0.5, 0.6) is 0 Å². The molecule has 4 heteroatoms. The maximum Gasteiger partial charge on any atom is 0.348 e. The Bertz CT molecular complexity index is 809. The van der Waals surface area contributed by atoms with Crippen LogP contribution in [0.3, 0.4) is 0 Å². The highest BCUT2D eigenvalue weighted by molar-refractivity contribution is 7.14. The lowest BCUT2D eigenvalue weighted by molar-refractivity contribution is 0.0479. The van der Waals surface area contributed by atoms with Crippen molar-refractivity contribution >= 4 is 23.1 Å². The zero-order valence-corrected chi connectivity index (χ0v) is 16.7. The second-order valence-electron chi connectivity index (χ2n) is 8.23. The molecule has 1 aliphatic rings. The molecule has 1 aromatic heterocycles. The molecule has 2 aromatic rings. The van der Waals surface area contributed by atoms with E-state index in [4.69, 9.17) is 4.74 Å². The van der Waals surface area contributed by atoms with Crippen LogP contribution in [-0.4, -0.2) is 18.4 Å². The number of thiophene rings is 1. The van der Waals surface area contributed by atoms with Crippen molar-refractivity contribution in [3.05, 3.63) is 56.8 Å². The number of carbonyl (C=O) groups is 2. The second kappa shape index (κ2) is 7.36. The number of hydrogen-bond acceptors (Lipinski definition) is 4. The Labute approximate surface area is 159 Å². The summed E-state index contributed by atoms with van der Waals surface area (Å²) in [6.45, 7) is 8.42. The van der Waals surface area contributed by atoms with E-state index in [1.807, 2.05) is 30.3 Å². The molecule has 1 aromatic carbocycles. The Morgan fingerprint density at radius 1 is 1.19 bits per heavy atom. The molecule has 0 fully saturated rings. The van der Waals surface area contributed by atoms with E-state index in [9.17, 15) is 9.59 Å². The summed E-state index contributed by atoms with van der Waals surface area (Å²) in [5.41, 5.74) is 3.06. The zero-order chi connectivity index (χ0) is 18.9. The molecule has 3 nitrogen and oxygen atoms in total. The lowest BCUT2D eigenvalue weighted by Gasteiger charge is -2.18. The van der Waals surface area contributed by atoms with Crippen molar-refractivity contribution in [2.24, 2.45) is 5.92 Å². The van der Waals surface area contributed by atoms with Crippen LogP contribution in [-0.2, 0) is 23.0 Å². The lowest BCUT2D eigenvalue weighted by Crippen LogP contribution is -2.15. The van der Waals surface area contributed by atoms with Crippen LogP contribution in [0.1, 0.15) is 70.1 Å². The van der Waals surface area contributed by atoms with Crippen molar-refractivity contribution in [3.8, 4) is 0 Å². The number of fused-ring (bicyclic) bond motifs is 1. The number of hydrogen-bond donors (Lipinski definition) is 0. The molecule has 0 saturated carbocycles. The van der Waals surface area contributed by atoms with Crippen molar-refractivity contribution in [2.45, 2.75) is 52.4 Å². The predicted octanol–water partition coefficient (Wildman–Crippen LogP) is 5.21. The van der Waals surface area contributed by atoms with Crippen LogP contribution in [0.25, 0.3) is 0 Å². The number of esters is 1. The van der Waals surface area contributed by atoms with Crippen LogP contribution in [0.4, 0.5) is 0 Å². The minimum absolute atomic E-state index is 0.0455. The summed E-state index contributed by atoms with van der Waals surface area (Å²) < 4.78 is 5.27. The predicted molar refractivity (Wildman–Crippen MR) is 105 cm³/mol. The van der Waals surface area contributed by atoms with Gasteiger partial charge in [0, 0.05) is 10.4 Å². The number of rotatable bonds is 4. The third kappa shape index (κ3) is 4.24. The molecular formula is C22H26O3S. The largest absolute Gasteiger partial charge is 0.453 e. The molecule has 0 bridgehead atoms. The van der Waals surface area contributed by atoms with Gasteiger partial charge >= 0.3 is 5.97 Å². The number of ketones is 1. The third-order valence-electron chi connectivity index (χ3n) is 4.94. The van der Waals surface area contributed by atoms with Gasteiger partial charge in [-0.05, 0) is 47.8 Å². The lowest BCUT2D eigenvalue weighted by atomic mass is 9.86. The number of aryl methyl sites for hydroxylation is 1. The molecule has 0 radical (unpaired) electrons. The summed E-state index contributed by atoms with van der Waals surface area (Å²) in [5.74, 6) is 0.101. The first kappa shape index (κ1) is 18.8. The minimum atomic E-state index is -0.392. The quantitative estimate of drug-likeness (QED) is 0.548. The van der Waals surface area contributed by atoms with Crippen LogP contribution in [0.15, 0.2) is 30.3 Å². The standard InChI is InChI=1S/C22H26O3S/c1-14-5-10-19-16(11-14)12-20(26-19)21(24)25-13-18(23)15-6-8-17(9-7-15)22(2,3)4/h6-9,12,14H,5,10-11,13H2,1-4H3. The van der Waals surface area contributed by atoms with Gasteiger partial charge in [0.15, 0.2) is 12.4 Å². The molecule has 26 heavy (non-hydrogen) atoms. The van der Waals surface area contributed by atoms with E-state index in [-0.39, 0.29) is 17.8 Å². The van der Waals surface area contributed by atoms with Crippen molar-refractivity contribution in [3.63, 3.8) is 0 Å². The summed E-state index contributed by atoms with van der Waals surface area (Å²) in [5, 5.41) is 0. The Hall–Kier alpha value is -1.94. The molecule has 0 spiro atoms. The van der Waals surface area contributed by atoms with Gasteiger partial charge in [0.2, 0.25) is 0 Å². The molecule has 1 heterocycles. The van der Waals surface area contributed by atoms with Gasteiger partial charge in [0.1, 0.15) is 4.88 Å². The van der Waals surface area contributed by atoms with E-state index >= 15 is 0 Å². The normalized spacial score (nSPS) is 16.8. The van der Waals surface area contributed by atoms with Crippen molar-refractivity contribution < 1.29 is 14.3 Å². The molecule has 138 valence electrons. The topological polar surface area (TPSA) is 43.4 Å². The average Bonchev–Trinajstić information content (AvgIpc) is 3.02. The highest BCUT2D eigenvalue weighted by atomic mass is 32.1. The highest BCUT2D eigenvalue weighted by Gasteiger charge is 2.22. The van der Waals surface area contributed by atoms with Gasteiger partial charge in [0.25, 0.3) is 0 Å². The number of carbonyl (C=O) groups excluding carboxylic acids is 2. The maximum atomic E-state index is 12.3. The van der Waals surface area contributed by atoms with Crippen LogP contribution >= 0.6 is 11.3 Å². The molecule has 1 unspecified atom stereocenters. The van der Waals surface area contributed by atoms with Gasteiger partial charge in [0.05, 0.1) is 0 Å². The smallest absolute Gasteiger partial charge is 0.348 e. The van der Waals surface area contributed by atoms with Gasteiger partial charge in [-0.2, -0.15) is 0 Å². The van der Waals surface area contributed by atoms with Crippen LogP contribution in [0.2, 0.25) is 0 Å². The number of ether oxygens (including phenoxy) is 1. The molecule has 0 aliphatic heterocycles. The number of Topliss-reactive ketones (excluding diaryl/α,β-unsaturated/α-hetero) is 1. The van der Waals surface area contributed by atoms with E-state index in [0.29, 0.717) is 16.4 Å². The summed E-state index contributed by atoms with van der Waals surface area (Å²) in [4.78, 5) is 26.5. The van der Waals surface area contributed by atoms with E-state index in [0.717, 1.165) is 12.8 Å². The molecule has 0 amide bonds. The Morgan fingerprint density at radius 2 is 1.88 bits per heavy atom. The summed E-state index contributed by atoms with van der Waals surface area (Å²) in [6.07, 6.45) is 3.23. The third-order valence-corrected chi connectivity index (χ3v) is 6.15. The molecule has 0 saturated heterocycles. The Morgan fingerprint density at radius 3 is 2.54 bits per heavy atom. The average molecular weight is 371 g/mol. The first-order valence-corrected chi connectivity index (χ1v) is 9.98. The van der Waals surface area contributed by atoms with Crippen LogP contribution < -0.4 is 0 Å². The molecular weight excluding hydrogens is 344 g/mol. The van der Waals surface area contributed by atoms with Crippen LogP contribution in [0, 0.1) is 5.92 Å². The summed E-state index contributed by atoms with van der Waals surface area (Å²) >= 11 is 1.51. The van der Waals surface area contributed by atoms with Gasteiger partial charge < -0.3 is 4.74 Å². The van der Waals surface area contributed by atoms with Gasteiger partial charge in [-0.25, -0.2) is 4.79 Å². The van der Waals surface area contributed by atoms with E-state index < -0.39 is 5.97 Å². The SMILES string of the molecule is CC1CCc2sc(C(=O)OCC(=O)c3ccc(C(C)(C)C)cc3)cc2C1. The van der Waals surface area contributed by atoms with Crippen molar-refractivity contribution in [1.29, 1.82) is 0 Å². The monoisotopic (exact) mass is 370 g/mol. The van der Waals surface area contributed by atoms with Crippen molar-refractivity contribution in [1.82, 2.24) is 0 Å². The van der Waals surface area contributed by atoms with Gasteiger partial charge in [-0.3, -0.25) is 4.79 Å². The fraction of sp³-hybridized carbons (Fsp3) is 0.455. The van der Waals surface area contributed by atoms with Gasteiger partial charge in [-0.1, -0.05) is 52.0 Å². The fourth-order valence-electron chi connectivity index (χ4n) is 3.25. The number of benzene rings is 1. The summed E-state index contributed by atoms with van der Waals surface area (Å²) in [6, 6.07) is 9.48. The molecule has 0 N–H and O–H groups in total. The van der Waals surface area contributed by atoms with Crippen molar-refractivity contribution in [2.75, 3.05) is 6.61 Å². The molecule has 1 aliphatic carbocycles. The zero-order valence-electron chi connectivity index (χ0n) is 15.9. The maximum absolute atomic E-state index is 12.3. The first-order valence-electron chi connectivity index (χ1n) is 9.16. The van der Waals surface area contributed by atoms with E-state index in [1.165, 1.54) is 33.8 Å². The summed E-state index contributed by atoms with van der Waals surface area (Å²) in [7, 11) is 0. The highest BCUT2D eigenvalue weighted by Crippen LogP contribution is 2.32. The molecule has 3 rings (SSSR count). The second-order valence-corrected chi connectivity index (χ2v) is 9.37. The Balaban J connectivity index is 1.60. The minimum Gasteiger partial charge on any atom is -0.453 e. The van der Waals surface area contributed by atoms with E-state index in [2.05, 4.69) is 27.7 Å². The first-order chi connectivity index (χ1) is 12.2. The fourth-order valence-corrected chi connectivity index (χ4v) is 4.35. The van der Waals surface area contributed by atoms with Gasteiger partial charge in [-0.15, -0.1) is 11.3 Å². The van der Waals surface area contributed by atoms with E-state index in [1.54, 1.807) is 0 Å². The molecule has 1 atom stereocenters. The Kier molecular flexibility index (Phi) is 5.33.